The van der Waals surface area contributed by atoms with Crippen molar-refractivity contribution >= 4 is 28.3 Å². The van der Waals surface area contributed by atoms with Crippen LogP contribution in [0.15, 0.2) is 81.2 Å². The predicted octanol–water partition coefficient (Wildman–Crippen LogP) is 2.22. The summed E-state index contributed by atoms with van der Waals surface area (Å²) in [5.74, 6) is -0.394. The first-order valence-electron chi connectivity index (χ1n) is 9.73. The predicted molar refractivity (Wildman–Crippen MR) is 118 cm³/mol. The number of nitrogens with one attached hydrogen (secondary N) is 2. The van der Waals surface area contributed by atoms with Crippen LogP contribution in [-0.2, 0) is 11.2 Å². The molecule has 0 radical (unpaired) electrons. The Kier molecular flexibility index (Phi) is 6.04. The third-order valence-electron chi connectivity index (χ3n) is 4.71. The number of nitrogens with zero attached hydrogens (tertiary/aromatic N) is 3. The summed E-state index contributed by atoms with van der Waals surface area (Å²) in [7, 11) is 0. The van der Waals surface area contributed by atoms with E-state index in [4.69, 9.17) is 4.42 Å². The van der Waals surface area contributed by atoms with Gasteiger partial charge in [0.15, 0.2) is 11.8 Å². The highest BCUT2D eigenvalue weighted by molar-refractivity contribution is 6.03. The molecule has 4 aromatic rings. The van der Waals surface area contributed by atoms with E-state index in [-0.39, 0.29) is 40.3 Å². The number of carbonyl (C=O) groups excluding carboxylic acids is 1. The maximum atomic E-state index is 12.7. The van der Waals surface area contributed by atoms with E-state index >= 15 is 0 Å². The number of hydrazone groups is 1. The van der Waals surface area contributed by atoms with Gasteiger partial charge >= 0.3 is 0 Å². The zero-order valence-electron chi connectivity index (χ0n) is 17.0. The number of aliphatic hydroxyl groups excluding tert-OH is 1. The molecule has 0 saturated heterocycles. The third kappa shape index (κ3) is 4.83. The Morgan fingerprint density at radius 1 is 1.21 bits per heavy atom. The van der Waals surface area contributed by atoms with Gasteiger partial charge in [0.05, 0.1) is 28.6 Å². The number of amides is 1. The Labute approximate surface area is 185 Å². The van der Waals surface area contributed by atoms with Crippen molar-refractivity contribution in [2.75, 3.05) is 0 Å². The fourth-order valence-corrected chi connectivity index (χ4v) is 3.13. The van der Waals surface area contributed by atoms with E-state index in [1.807, 2.05) is 6.07 Å². The summed E-state index contributed by atoms with van der Waals surface area (Å²) >= 11 is 0. The molecule has 0 aliphatic heterocycles. The fraction of sp³-hybridized carbons (Fsp3) is 0.0909. The lowest BCUT2D eigenvalue weighted by atomic mass is 10.1. The number of benzene rings is 2. The molecular weight excluding hydrogens is 430 g/mol. The molecule has 33 heavy (non-hydrogen) atoms. The van der Waals surface area contributed by atoms with Crippen molar-refractivity contribution in [1.82, 2.24) is 15.4 Å². The summed E-state index contributed by atoms with van der Waals surface area (Å²) in [5, 5.41) is 25.8. The zero-order valence-corrected chi connectivity index (χ0v) is 17.0. The highest BCUT2D eigenvalue weighted by Crippen LogP contribution is 2.20. The highest BCUT2D eigenvalue weighted by Gasteiger charge is 2.25. The molecule has 0 fully saturated rings. The summed E-state index contributed by atoms with van der Waals surface area (Å²) in [6.45, 7) is 0. The number of non-ortho nitro benzene ring substituents is 1. The normalized spacial score (nSPS) is 12.5. The second kappa shape index (κ2) is 9.24. The first-order valence-corrected chi connectivity index (χ1v) is 9.73. The lowest BCUT2D eigenvalue weighted by Crippen LogP contribution is -2.29. The summed E-state index contributed by atoms with van der Waals surface area (Å²) in [5.41, 5.74) is 1.94. The van der Waals surface area contributed by atoms with Gasteiger partial charge in [-0.1, -0.05) is 30.3 Å². The number of fused-ring (bicyclic) bond motifs is 1. The molecule has 2 aromatic carbocycles. The zero-order chi connectivity index (χ0) is 23.4. The topological polar surface area (TPSA) is 164 Å². The van der Waals surface area contributed by atoms with Crippen LogP contribution in [0, 0.1) is 10.1 Å². The quantitative estimate of drug-likeness (QED) is 0.222. The average Bonchev–Trinajstić information content (AvgIpc) is 3.34. The number of nitro benzene ring substituents is 1. The Morgan fingerprint density at radius 2 is 2.00 bits per heavy atom. The number of furan rings is 1. The molecule has 1 atom stereocenters. The van der Waals surface area contributed by atoms with Crippen LogP contribution in [0.5, 0.6) is 0 Å². The van der Waals surface area contributed by atoms with Crippen LogP contribution >= 0.6 is 0 Å². The van der Waals surface area contributed by atoms with Gasteiger partial charge in [0.1, 0.15) is 11.5 Å². The molecule has 2 heterocycles. The molecule has 1 amide bonds. The number of carbonyl (C=O) groups is 1. The number of aromatic amines is 1. The molecule has 11 nitrogen and oxygen atoms in total. The average molecular weight is 447 g/mol. The minimum absolute atomic E-state index is 0.0274. The molecule has 0 bridgehead atoms. The van der Waals surface area contributed by atoms with Gasteiger partial charge in [-0.2, -0.15) is 5.10 Å². The van der Waals surface area contributed by atoms with Crippen LogP contribution in [0.25, 0.3) is 11.0 Å². The van der Waals surface area contributed by atoms with Crippen molar-refractivity contribution in [3.05, 3.63) is 104 Å². The minimum atomic E-state index is -1.51. The number of hydrogen-bond donors (Lipinski definition) is 3. The number of hydrogen-bond acceptors (Lipinski definition) is 8. The third-order valence-corrected chi connectivity index (χ3v) is 4.71. The largest absolute Gasteiger partial charge is 0.466 e. The molecule has 166 valence electrons. The van der Waals surface area contributed by atoms with E-state index in [9.17, 15) is 24.8 Å². The number of aromatic nitrogens is 2. The number of nitro groups is 1. The SMILES string of the molecule is O=C(Cc1ccccc1)N/N=C(/c1nc2ccc([N+](=O)[O-])cc2[nH]c1=O)[C@@H](O)c1ccco1. The Balaban J connectivity index is 1.72. The number of H-pyrrole nitrogens is 1. The van der Waals surface area contributed by atoms with Crippen LogP contribution in [0.1, 0.15) is 23.1 Å². The Morgan fingerprint density at radius 3 is 2.70 bits per heavy atom. The Bertz CT molecular complexity index is 1400. The number of aliphatic hydroxyl groups is 1. The van der Waals surface area contributed by atoms with Gasteiger partial charge in [-0.05, 0) is 23.8 Å². The maximum Gasteiger partial charge on any atom is 0.276 e. The van der Waals surface area contributed by atoms with Crippen molar-refractivity contribution < 1.29 is 19.2 Å². The van der Waals surface area contributed by atoms with E-state index in [0.717, 1.165) is 5.56 Å². The van der Waals surface area contributed by atoms with Crippen molar-refractivity contribution in [3.8, 4) is 0 Å². The van der Waals surface area contributed by atoms with Crippen LogP contribution in [0.4, 0.5) is 5.69 Å². The van der Waals surface area contributed by atoms with Gasteiger partial charge in [-0.15, -0.1) is 0 Å². The lowest BCUT2D eigenvalue weighted by Gasteiger charge is -2.12. The monoisotopic (exact) mass is 447 g/mol. The van der Waals surface area contributed by atoms with Crippen LogP contribution in [0.2, 0.25) is 0 Å². The van der Waals surface area contributed by atoms with Gasteiger partial charge in [0.2, 0.25) is 5.91 Å². The van der Waals surface area contributed by atoms with Gasteiger partial charge in [-0.3, -0.25) is 19.7 Å². The molecule has 4 rings (SSSR count). The van der Waals surface area contributed by atoms with Crippen LogP contribution < -0.4 is 11.0 Å². The van der Waals surface area contributed by atoms with Crippen molar-refractivity contribution in [2.45, 2.75) is 12.5 Å². The van der Waals surface area contributed by atoms with E-state index in [1.165, 1.54) is 30.5 Å². The molecule has 11 heteroatoms. The van der Waals surface area contributed by atoms with Crippen LogP contribution in [-0.4, -0.2) is 31.6 Å². The van der Waals surface area contributed by atoms with Crippen molar-refractivity contribution in [3.63, 3.8) is 0 Å². The first kappa shape index (κ1) is 21.6. The maximum absolute atomic E-state index is 12.7. The highest BCUT2D eigenvalue weighted by atomic mass is 16.6. The summed E-state index contributed by atoms with van der Waals surface area (Å²) in [6.07, 6.45) is -0.151. The molecule has 0 aliphatic rings. The minimum Gasteiger partial charge on any atom is -0.466 e. The fourth-order valence-electron chi connectivity index (χ4n) is 3.13. The van der Waals surface area contributed by atoms with E-state index in [2.05, 4.69) is 20.5 Å². The second-order valence-corrected chi connectivity index (χ2v) is 6.99. The van der Waals surface area contributed by atoms with Gasteiger partial charge in [0.25, 0.3) is 11.2 Å². The van der Waals surface area contributed by atoms with E-state index in [0.29, 0.717) is 0 Å². The molecule has 0 aliphatic carbocycles. The molecule has 3 N–H and O–H groups in total. The van der Waals surface area contributed by atoms with Crippen molar-refractivity contribution in [2.24, 2.45) is 5.10 Å². The van der Waals surface area contributed by atoms with Crippen LogP contribution in [0.3, 0.4) is 0 Å². The van der Waals surface area contributed by atoms with E-state index < -0.39 is 22.5 Å². The lowest BCUT2D eigenvalue weighted by molar-refractivity contribution is -0.384. The van der Waals surface area contributed by atoms with Gasteiger partial charge in [-0.25, -0.2) is 10.4 Å². The summed E-state index contributed by atoms with van der Waals surface area (Å²) in [4.78, 5) is 42.2. The molecule has 0 spiro atoms. The molecule has 0 saturated carbocycles. The first-order chi connectivity index (χ1) is 15.9. The standard InChI is InChI=1S/C22H17N5O6/c28-18(11-13-5-2-1-3-6-13)25-26-19(21(29)17-7-4-10-33-17)20-22(30)24-16-12-14(27(31)32)8-9-15(16)23-20/h1-10,12,21,29H,11H2,(H,24,30)(H,25,28)/b26-19-/t21-/m0/s1. The second-order valence-electron chi connectivity index (χ2n) is 6.99. The van der Waals surface area contributed by atoms with Crippen molar-refractivity contribution in [1.29, 1.82) is 0 Å². The van der Waals surface area contributed by atoms with Gasteiger partial charge in [0, 0.05) is 12.1 Å². The molecule has 0 unspecified atom stereocenters. The smallest absolute Gasteiger partial charge is 0.276 e. The van der Waals surface area contributed by atoms with Gasteiger partial charge < -0.3 is 14.5 Å². The molecular formula is C22H17N5O6. The molecule has 2 aromatic heterocycles. The Hall–Kier alpha value is -4.64. The summed E-state index contributed by atoms with van der Waals surface area (Å²) in [6, 6.07) is 15.7. The number of rotatable bonds is 7. The summed E-state index contributed by atoms with van der Waals surface area (Å²) < 4.78 is 5.21. The van der Waals surface area contributed by atoms with E-state index in [1.54, 1.807) is 30.3 Å².